The van der Waals surface area contributed by atoms with Crippen LogP contribution in [0.25, 0.3) is 0 Å². The van der Waals surface area contributed by atoms with E-state index in [1.165, 1.54) is 0 Å². The van der Waals surface area contributed by atoms with Crippen LogP contribution in [0.1, 0.15) is 62.5 Å². The van der Waals surface area contributed by atoms with Crippen LogP contribution in [0.2, 0.25) is 0 Å². The number of hydrogen-bond donors (Lipinski definition) is 2. The lowest BCUT2D eigenvalue weighted by molar-refractivity contribution is -0.134. The first-order valence-electron chi connectivity index (χ1n) is 12.9. The van der Waals surface area contributed by atoms with Crippen molar-refractivity contribution in [3.05, 3.63) is 53.6 Å². The summed E-state index contributed by atoms with van der Waals surface area (Å²) in [5.74, 6) is 0.700. The molecule has 198 valence electrons. The van der Waals surface area contributed by atoms with Crippen LogP contribution < -0.4 is 19.9 Å². The zero-order valence-corrected chi connectivity index (χ0v) is 21.3. The number of methoxy groups -OCH3 is 1. The molecule has 2 N–H and O–H groups in total. The SMILES string of the molecule is COc1cc2c(cc1OCc1ccccc1)CN1C(=O)CC[C@H]1C(=O)N2CCCCCCCC(=O)NO. The molecule has 2 aromatic rings. The monoisotopic (exact) mass is 509 g/mol. The molecule has 0 spiro atoms. The number of anilines is 1. The topological polar surface area (TPSA) is 108 Å². The van der Waals surface area contributed by atoms with Crippen molar-refractivity contribution < 1.29 is 29.1 Å². The van der Waals surface area contributed by atoms with E-state index in [0.717, 1.165) is 42.5 Å². The number of ether oxygens (including phenoxy) is 2. The van der Waals surface area contributed by atoms with Crippen LogP contribution >= 0.6 is 0 Å². The minimum atomic E-state index is -0.448. The smallest absolute Gasteiger partial charge is 0.249 e. The summed E-state index contributed by atoms with van der Waals surface area (Å²) < 4.78 is 11.8. The first-order chi connectivity index (χ1) is 18.0. The molecule has 9 heteroatoms. The fourth-order valence-corrected chi connectivity index (χ4v) is 5.02. The molecule has 3 amide bonds. The van der Waals surface area contributed by atoms with E-state index in [1.807, 2.05) is 42.5 Å². The normalized spacial score (nSPS) is 16.8. The lowest BCUT2D eigenvalue weighted by Crippen LogP contribution is -2.44. The number of benzene rings is 2. The van der Waals surface area contributed by atoms with Gasteiger partial charge in [0.25, 0.3) is 0 Å². The molecule has 2 aliphatic rings. The quantitative estimate of drug-likeness (QED) is 0.255. The maximum Gasteiger partial charge on any atom is 0.249 e. The number of carbonyl (C=O) groups excluding carboxylic acids is 3. The second-order valence-electron chi connectivity index (χ2n) is 9.52. The summed E-state index contributed by atoms with van der Waals surface area (Å²) in [5, 5.41) is 8.59. The Bertz CT molecular complexity index is 1110. The van der Waals surface area contributed by atoms with Gasteiger partial charge in [-0.05, 0) is 36.5 Å². The van der Waals surface area contributed by atoms with E-state index in [0.29, 0.717) is 56.9 Å². The van der Waals surface area contributed by atoms with Crippen molar-refractivity contribution >= 4 is 23.4 Å². The van der Waals surface area contributed by atoms with E-state index >= 15 is 0 Å². The number of amides is 3. The number of hydroxylamine groups is 1. The van der Waals surface area contributed by atoms with Crippen LogP contribution in [0.3, 0.4) is 0 Å². The molecule has 37 heavy (non-hydrogen) atoms. The van der Waals surface area contributed by atoms with Crippen LogP contribution in [0.15, 0.2) is 42.5 Å². The second-order valence-corrected chi connectivity index (χ2v) is 9.52. The zero-order chi connectivity index (χ0) is 26.2. The molecule has 2 heterocycles. The standard InChI is InChI=1S/C28H35N3O6/c1-36-24-17-23-21(16-25(24)37-19-20-10-6-5-7-11-20)18-31-22(13-14-27(31)33)28(34)30(23)15-9-4-2-3-8-12-26(32)29-35/h5-7,10-11,16-17,22,35H,2-4,8-9,12-15,18-19H2,1H3,(H,29,32)/t22-/m0/s1. The lowest BCUT2D eigenvalue weighted by Gasteiger charge is -2.26. The molecule has 0 unspecified atom stereocenters. The number of nitrogens with zero attached hydrogens (tertiary/aromatic N) is 2. The van der Waals surface area contributed by atoms with Crippen molar-refractivity contribution in [2.24, 2.45) is 0 Å². The molecule has 2 aliphatic heterocycles. The number of unbranched alkanes of at least 4 members (excludes halogenated alkanes) is 4. The molecule has 0 bridgehead atoms. The minimum Gasteiger partial charge on any atom is -0.493 e. The van der Waals surface area contributed by atoms with Gasteiger partial charge in [0.05, 0.1) is 12.8 Å². The maximum atomic E-state index is 13.6. The fraction of sp³-hybridized carbons (Fsp3) is 0.464. The number of nitrogens with one attached hydrogen (secondary N) is 1. The van der Waals surface area contributed by atoms with Gasteiger partial charge in [-0.1, -0.05) is 49.6 Å². The number of rotatable bonds is 12. The van der Waals surface area contributed by atoms with E-state index in [1.54, 1.807) is 22.4 Å². The summed E-state index contributed by atoms with van der Waals surface area (Å²) in [5.41, 5.74) is 4.31. The molecule has 9 nitrogen and oxygen atoms in total. The van der Waals surface area contributed by atoms with Crippen LogP contribution in [0, 0.1) is 0 Å². The summed E-state index contributed by atoms with van der Waals surface area (Å²) in [6.07, 6.45) is 5.43. The van der Waals surface area contributed by atoms with Gasteiger partial charge in [-0.25, -0.2) is 5.48 Å². The molecule has 0 saturated carbocycles. The van der Waals surface area contributed by atoms with Crippen molar-refractivity contribution in [3.8, 4) is 11.5 Å². The van der Waals surface area contributed by atoms with E-state index in [4.69, 9.17) is 14.7 Å². The first kappa shape index (κ1) is 26.5. The minimum absolute atomic E-state index is 0.000591. The largest absolute Gasteiger partial charge is 0.493 e. The molecule has 0 aromatic heterocycles. The van der Waals surface area contributed by atoms with E-state index < -0.39 is 6.04 Å². The highest BCUT2D eigenvalue weighted by Crippen LogP contribution is 2.40. The highest BCUT2D eigenvalue weighted by Gasteiger charge is 2.42. The number of hydrogen-bond acceptors (Lipinski definition) is 6. The Kier molecular flexibility index (Phi) is 9.00. The average Bonchev–Trinajstić information content (AvgIpc) is 3.23. The molecule has 4 rings (SSSR count). The number of carbonyl (C=O) groups is 3. The highest BCUT2D eigenvalue weighted by molar-refractivity contribution is 6.02. The zero-order valence-electron chi connectivity index (χ0n) is 21.3. The Morgan fingerprint density at radius 1 is 1.05 bits per heavy atom. The van der Waals surface area contributed by atoms with E-state index in [-0.39, 0.29) is 17.7 Å². The third-order valence-electron chi connectivity index (χ3n) is 7.02. The molecule has 1 saturated heterocycles. The second kappa shape index (κ2) is 12.6. The van der Waals surface area contributed by atoms with Gasteiger partial charge in [0.1, 0.15) is 12.6 Å². The van der Waals surface area contributed by atoms with E-state index in [2.05, 4.69) is 0 Å². The summed E-state index contributed by atoms with van der Waals surface area (Å²) >= 11 is 0. The third kappa shape index (κ3) is 6.40. The van der Waals surface area contributed by atoms with Gasteiger partial charge < -0.3 is 19.3 Å². The van der Waals surface area contributed by atoms with Gasteiger partial charge in [0.2, 0.25) is 17.7 Å². The Morgan fingerprint density at radius 3 is 2.57 bits per heavy atom. The molecule has 1 atom stereocenters. The van der Waals surface area contributed by atoms with Crippen LogP contribution in [0.4, 0.5) is 5.69 Å². The van der Waals surface area contributed by atoms with Gasteiger partial charge in [-0.2, -0.15) is 0 Å². The van der Waals surface area contributed by atoms with Gasteiger partial charge in [0, 0.05) is 32.0 Å². The van der Waals surface area contributed by atoms with Crippen molar-refractivity contribution in [3.63, 3.8) is 0 Å². The maximum absolute atomic E-state index is 13.6. The van der Waals surface area contributed by atoms with Gasteiger partial charge in [-0.3, -0.25) is 19.6 Å². The van der Waals surface area contributed by atoms with Crippen molar-refractivity contribution in [1.82, 2.24) is 10.4 Å². The van der Waals surface area contributed by atoms with Crippen LogP contribution in [-0.2, 0) is 27.5 Å². The molecular formula is C28H35N3O6. The Morgan fingerprint density at radius 2 is 1.81 bits per heavy atom. The van der Waals surface area contributed by atoms with Crippen LogP contribution in [-0.4, -0.2) is 47.5 Å². The predicted molar refractivity (Wildman–Crippen MR) is 137 cm³/mol. The summed E-state index contributed by atoms with van der Waals surface area (Å²) in [6, 6.07) is 13.2. The van der Waals surface area contributed by atoms with Crippen molar-refractivity contribution in [1.29, 1.82) is 0 Å². The lowest BCUT2D eigenvalue weighted by atomic mass is 10.1. The predicted octanol–water partition coefficient (Wildman–Crippen LogP) is 3.96. The molecule has 2 aromatic carbocycles. The van der Waals surface area contributed by atoms with Gasteiger partial charge >= 0.3 is 0 Å². The average molecular weight is 510 g/mol. The summed E-state index contributed by atoms with van der Waals surface area (Å²) in [6.45, 7) is 1.28. The molecule has 0 aliphatic carbocycles. The molecular weight excluding hydrogens is 474 g/mol. The van der Waals surface area contributed by atoms with Crippen LogP contribution in [0.5, 0.6) is 11.5 Å². The summed E-state index contributed by atoms with van der Waals surface area (Å²) in [7, 11) is 1.58. The Labute approximate surface area is 217 Å². The van der Waals surface area contributed by atoms with E-state index in [9.17, 15) is 14.4 Å². The molecule has 1 fully saturated rings. The number of fused-ring (bicyclic) bond motifs is 2. The van der Waals surface area contributed by atoms with Gasteiger partial charge in [0.15, 0.2) is 11.5 Å². The molecule has 0 radical (unpaired) electrons. The Balaban J connectivity index is 1.50. The third-order valence-corrected chi connectivity index (χ3v) is 7.02. The summed E-state index contributed by atoms with van der Waals surface area (Å²) in [4.78, 5) is 40.9. The van der Waals surface area contributed by atoms with Crippen molar-refractivity contribution in [2.75, 3.05) is 18.6 Å². The Hall–Kier alpha value is -3.59. The van der Waals surface area contributed by atoms with Gasteiger partial charge in [-0.15, -0.1) is 0 Å². The first-order valence-corrected chi connectivity index (χ1v) is 12.9. The fourth-order valence-electron chi connectivity index (χ4n) is 5.02. The van der Waals surface area contributed by atoms with Crippen molar-refractivity contribution in [2.45, 2.75) is 70.6 Å². The highest BCUT2D eigenvalue weighted by atomic mass is 16.5.